The van der Waals surface area contributed by atoms with Crippen LogP contribution < -0.4 is 5.73 Å². The third kappa shape index (κ3) is 3.42. The van der Waals surface area contributed by atoms with Gasteiger partial charge in [-0.05, 0) is 48.8 Å². The predicted molar refractivity (Wildman–Crippen MR) is 79.1 cm³/mol. The zero-order valence-electron chi connectivity index (χ0n) is 11.7. The van der Waals surface area contributed by atoms with Gasteiger partial charge in [0.1, 0.15) is 11.6 Å². The zero-order chi connectivity index (χ0) is 16.6. The Kier molecular flexibility index (Phi) is 4.83. The molecule has 8 heteroatoms. The Bertz CT molecular complexity index is 710. The SMILES string of the molecule is CC(N)(CS(=O)(=O)C(C)(C)C#N)c1c(F)ccc(Br)c1F. The van der Waals surface area contributed by atoms with Crippen molar-refractivity contribution in [2.75, 3.05) is 5.75 Å². The van der Waals surface area contributed by atoms with Crippen LogP contribution in [0.1, 0.15) is 26.3 Å². The van der Waals surface area contributed by atoms with Gasteiger partial charge in [0.25, 0.3) is 0 Å². The fraction of sp³-hybridized carbons (Fsp3) is 0.462. The molecule has 0 saturated carbocycles. The van der Waals surface area contributed by atoms with E-state index in [-0.39, 0.29) is 4.47 Å². The lowest BCUT2D eigenvalue weighted by molar-refractivity contribution is 0.451. The molecular formula is C13H15BrF2N2O2S. The molecule has 0 saturated heterocycles. The Morgan fingerprint density at radius 2 is 1.86 bits per heavy atom. The summed E-state index contributed by atoms with van der Waals surface area (Å²) in [6.07, 6.45) is 0. The van der Waals surface area contributed by atoms with Crippen LogP contribution in [-0.4, -0.2) is 18.9 Å². The Labute approximate surface area is 131 Å². The van der Waals surface area contributed by atoms with E-state index in [0.29, 0.717) is 0 Å². The normalized spacial score (nSPS) is 15.3. The van der Waals surface area contributed by atoms with Crippen LogP contribution in [0, 0.1) is 23.0 Å². The van der Waals surface area contributed by atoms with Gasteiger partial charge in [-0.25, -0.2) is 17.2 Å². The summed E-state index contributed by atoms with van der Waals surface area (Å²) in [5, 5.41) is 8.92. The number of nitriles is 1. The molecule has 1 atom stereocenters. The summed E-state index contributed by atoms with van der Waals surface area (Å²) < 4.78 is 50.7. The first kappa shape index (κ1) is 18.0. The van der Waals surface area contributed by atoms with Crippen molar-refractivity contribution in [3.63, 3.8) is 0 Å². The summed E-state index contributed by atoms with van der Waals surface area (Å²) in [7, 11) is -4.00. The molecule has 21 heavy (non-hydrogen) atoms. The number of hydrogen-bond donors (Lipinski definition) is 1. The van der Waals surface area contributed by atoms with Gasteiger partial charge in [-0.2, -0.15) is 5.26 Å². The standard InChI is InChI=1S/C13H15BrF2N2O2S/c1-12(2,6-17)21(19,20)7-13(3,18)10-9(15)5-4-8(14)11(10)16/h4-5H,7,18H2,1-3H3. The molecule has 0 aliphatic heterocycles. The second-order valence-corrected chi connectivity index (χ2v) is 8.91. The van der Waals surface area contributed by atoms with Crippen LogP contribution in [-0.2, 0) is 15.4 Å². The van der Waals surface area contributed by atoms with Gasteiger partial charge in [0, 0.05) is 5.56 Å². The molecule has 2 N–H and O–H groups in total. The minimum absolute atomic E-state index is 0.0208. The van der Waals surface area contributed by atoms with Gasteiger partial charge >= 0.3 is 0 Å². The van der Waals surface area contributed by atoms with Crippen molar-refractivity contribution >= 4 is 25.8 Å². The molecule has 0 aliphatic rings. The molecule has 0 spiro atoms. The zero-order valence-corrected chi connectivity index (χ0v) is 14.1. The number of nitrogens with zero attached hydrogens (tertiary/aromatic N) is 1. The molecule has 1 aromatic carbocycles. The minimum atomic E-state index is -4.00. The topological polar surface area (TPSA) is 84.0 Å². The Balaban J connectivity index is 3.39. The number of nitrogens with two attached hydrogens (primary N) is 1. The van der Waals surface area contributed by atoms with E-state index in [1.165, 1.54) is 20.8 Å². The average Bonchev–Trinajstić information content (AvgIpc) is 2.32. The number of rotatable bonds is 4. The van der Waals surface area contributed by atoms with E-state index in [9.17, 15) is 17.2 Å². The highest BCUT2D eigenvalue weighted by Crippen LogP contribution is 2.32. The monoisotopic (exact) mass is 380 g/mol. The molecule has 0 aliphatic carbocycles. The fourth-order valence-corrected chi connectivity index (χ4v) is 3.53. The van der Waals surface area contributed by atoms with Crippen molar-refractivity contribution in [2.45, 2.75) is 31.1 Å². The van der Waals surface area contributed by atoms with E-state index in [4.69, 9.17) is 11.0 Å². The van der Waals surface area contributed by atoms with Crippen LogP contribution >= 0.6 is 15.9 Å². The quantitative estimate of drug-likeness (QED) is 0.813. The molecule has 4 nitrogen and oxygen atoms in total. The van der Waals surface area contributed by atoms with Crippen molar-refractivity contribution in [2.24, 2.45) is 5.73 Å². The number of benzene rings is 1. The second-order valence-electron chi connectivity index (χ2n) is 5.52. The highest BCUT2D eigenvalue weighted by molar-refractivity contribution is 9.10. The molecule has 116 valence electrons. The largest absolute Gasteiger partial charge is 0.321 e. The fourth-order valence-electron chi connectivity index (χ4n) is 1.77. The van der Waals surface area contributed by atoms with E-state index in [1.807, 2.05) is 0 Å². The summed E-state index contributed by atoms with van der Waals surface area (Å²) in [5.74, 6) is -2.65. The highest BCUT2D eigenvalue weighted by atomic mass is 79.9. The third-order valence-corrected chi connectivity index (χ3v) is 6.39. The molecule has 0 amide bonds. The lowest BCUT2D eigenvalue weighted by Gasteiger charge is -2.29. The van der Waals surface area contributed by atoms with E-state index in [1.54, 1.807) is 6.07 Å². The van der Waals surface area contributed by atoms with Crippen molar-refractivity contribution < 1.29 is 17.2 Å². The Hall–Kier alpha value is -1.04. The van der Waals surface area contributed by atoms with Crippen molar-refractivity contribution in [1.82, 2.24) is 0 Å². The van der Waals surface area contributed by atoms with Crippen LogP contribution in [0.25, 0.3) is 0 Å². The van der Waals surface area contributed by atoms with Crippen LogP contribution in [0.2, 0.25) is 0 Å². The van der Waals surface area contributed by atoms with Gasteiger partial charge < -0.3 is 5.73 Å². The first-order valence-corrected chi connectivity index (χ1v) is 8.36. The number of hydrogen-bond acceptors (Lipinski definition) is 4. The van der Waals surface area contributed by atoms with E-state index < -0.39 is 43.1 Å². The number of sulfone groups is 1. The number of halogens is 3. The van der Waals surface area contributed by atoms with Gasteiger partial charge in [-0.3, -0.25) is 0 Å². The van der Waals surface area contributed by atoms with Crippen molar-refractivity contribution in [3.05, 3.63) is 33.8 Å². The average molecular weight is 381 g/mol. The lowest BCUT2D eigenvalue weighted by atomic mass is 9.94. The Morgan fingerprint density at radius 3 is 2.33 bits per heavy atom. The molecule has 0 radical (unpaired) electrons. The summed E-state index contributed by atoms with van der Waals surface area (Å²) in [6, 6.07) is 3.82. The van der Waals surface area contributed by atoms with Gasteiger partial charge in [-0.1, -0.05) is 0 Å². The molecule has 0 bridgehead atoms. The van der Waals surface area contributed by atoms with E-state index in [0.717, 1.165) is 12.1 Å². The smallest absolute Gasteiger partial charge is 0.170 e. The predicted octanol–water partition coefficient (Wildman–Crippen LogP) is 2.62. The van der Waals surface area contributed by atoms with Crippen molar-refractivity contribution in [1.29, 1.82) is 5.26 Å². The van der Waals surface area contributed by atoms with Gasteiger partial charge in [0.2, 0.25) is 0 Å². The summed E-state index contributed by atoms with van der Waals surface area (Å²) in [5.41, 5.74) is 3.51. The summed E-state index contributed by atoms with van der Waals surface area (Å²) >= 11 is 2.91. The van der Waals surface area contributed by atoms with E-state index in [2.05, 4.69) is 15.9 Å². The summed E-state index contributed by atoms with van der Waals surface area (Å²) in [6.45, 7) is 3.64. The second kappa shape index (κ2) is 5.63. The molecular weight excluding hydrogens is 366 g/mol. The van der Waals surface area contributed by atoms with Crippen LogP contribution in [0.15, 0.2) is 16.6 Å². The first-order chi connectivity index (χ1) is 9.35. The first-order valence-electron chi connectivity index (χ1n) is 5.92. The van der Waals surface area contributed by atoms with Crippen LogP contribution in [0.5, 0.6) is 0 Å². The molecule has 1 aromatic rings. The molecule has 0 aromatic heterocycles. The summed E-state index contributed by atoms with van der Waals surface area (Å²) in [4.78, 5) is 0. The molecule has 0 fully saturated rings. The van der Waals surface area contributed by atoms with Crippen LogP contribution in [0.4, 0.5) is 8.78 Å². The van der Waals surface area contributed by atoms with Gasteiger partial charge in [-0.15, -0.1) is 0 Å². The Morgan fingerprint density at radius 1 is 1.33 bits per heavy atom. The van der Waals surface area contributed by atoms with E-state index >= 15 is 0 Å². The highest BCUT2D eigenvalue weighted by Gasteiger charge is 2.42. The maximum absolute atomic E-state index is 14.1. The lowest BCUT2D eigenvalue weighted by Crippen LogP contribution is -2.47. The molecule has 1 unspecified atom stereocenters. The van der Waals surface area contributed by atoms with Crippen molar-refractivity contribution in [3.8, 4) is 6.07 Å². The van der Waals surface area contributed by atoms with Gasteiger partial charge in [0.15, 0.2) is 14.6 Å². The maximum Gasteiger partial charge on any atom is 0.170 e. The third-order valence-electron chi connectivity index (χ3n) is 3.15. The maximum atomic E-state index is 14.1. The molecule has 0 heterocycles. The minimum Gasteiger partial charge on any atom is -0.321 e. The van der Waals surface area contributed by atoms with Crippen LogP contribution in [0.3, 0.4) is 0 Å². The van der Waals surface area contributed by atoms with Gasteiger partial charge in [0.05, 0.1) is 21.8 Å². The molecule has 1 rings (SSSR count).